The molecule has 2 aromatic heterocycles. The molecule has 3 N–H and O–H groups in total. The molecular weight excluding hydrogens is 535 g/mol. The highest BCUT2D eigenvalue weighted by molar-refractivity contribution is 7.92. The van der Waals surface area contributed by atoms with Crippen LogP contribution in [0.2, 0.25) is 5.02 Å². The van der Waals surface area contributed by atoms with Gasteiger partial charge in [-0.2, -0.15) is 0 Å². The summed E-state index contributed by atoms with van der Waals surface area (Å²) in [6.07, 6.45) is 2.93. The predicted molar refractivity (Wildman–Crippen MR) is 144 cm³/mol. The zero-order valence-corrected chi connectivity index (χ0v) is 22.2. The molecule has 0 unspecified atom stereocenters. The SMILES string of the molecule is CNC(=O)[C@H](C)Cn1cnc2ccc(-c3cnc(NC)c(NS(=O)(=O)c4ccc(F)cc4Cl)c3)cc2c1=O. The molecule has 198 valence electrons. The maximum atomic E-state index is 13.4. The van der Waals surface area contributed by atoms with Crippen molar-refractivity contribution in [2.75, 3.05) is 24.1 Å². The third-order valence-electron chi connectivity index (χ3n) is 5.87. The molecule has 0 radical (unpaired) electrons. The van der Waals surface area contributed by atoms with E-state index in [9.17, 15) is 22.4 Å². The molecule has 4 rings (SSSR count). The van der Waals surface area contributed by atoms with Crippen LogP contribution >= 0.6 is 11.6 Å². The number of aromatic nitrogens is 3. The van der Waals surface area contributed by atoms with E-state index in [1.807, 2.05) is 0 Å². The molecule has 2 aromatic carbocycles. The van der Waals surface area contributed by atoms with Crippen LogP contribution in [-0.2, 0) is 21.4 Å². The van der Waals surface area contributed by atoms with Crippen LogP contribution in [0.3, 0.4) is 0 Å². The van der Waals surface area contributed by atoms with Gasteiger partial charge < -0.3 is 10.6 Å². The molecule has 0 saturated heterocycles. The normalized spacial score (nSPS) is 12.2. The van der Waals surface area contributed by atoms with Gasteiger partial charge in [-0.15, -0.1) is 0 Å². The van der Waals surface area contributed by atoms with E-state index in [1.54, 1.807) is 38.2 Å². The van der Waals surface area contributed by atoms with Crippen molar-refractivity contribution >= 4 is 49.9 Å². The van der Waals surface area contributed by atoms with Crippen molar-refractivity contribution in [2.24, 2.45) is 5.92 Å². The molecule has 13 heteroatoms. The van der Waals surface area contributed by atoms with Crippen molar-refractivity contribution in [1.82, 2.24) is 19.9 Å². The van der Waals surface area contributed by atoms with Crippen LogP contribution < -0.4 is 20.9 Å². The topological polar surface area (TPSA) is 135 Å². The number of nitrogens with one attached hydrogen (secondary N) is 3. The summed E-state index contributed by atoms with van der Waals surface area (Å²) in [5, 5.41) is 5.44. The number of hydrogen-bond acceptors (Lipinski definition) is 7. The number of fused-ring (bicyclic) bond motifs is 1. The summed E-state index contributed by atoms with van der Waals surface area (Å²) >= 11 is 5.97. The summed E-state index contributed by atoms with van der Waals surface area (Å²) in [5.74, 6) is -1.06. The Balaban J connectivity index is 1.73. The first-order valence-electron chi connectivity index (χ1n) is 11.4. The van der Waals surface area contributed by atoms with Gasteiger partial charge >= 0.3 is 0 Å². The van der Waals surface area contributed by atoms with E-state index in [-0.39, 0.29) is 39.4 Å². The largest absolute Gasteiger partial charge is 0.371 e. The molecule has 0 fully saturated rings. The minimum Gasteiger partial charge on any atom is -0.371 e. The first-order valence-corrected chi connectivity index (χ1v) is 13.3. The fraction of sp³-hybridized carbons (Fsp3) is 0.200. The van der Waals surface area contributed by atoms with Gasteiger partial charge in [0.2, 0.25) is 5.91 Å². The molecule has 10 nitrogen and oxygen atoms in total. The number of sulfonamides is 1. The van der Waals surface area contributed by atoms with Crippen molar-refractivity contribution < 1.29 is 17.6 Å². The van der Waals surface area contributed by atoms with E-state index >= 15 is 0 Å². The first kappa shape index (κ1) is 27.0. The summed E-state index contributed by atoms with van der Waals surface area (Å²) in [4.78, 5) is 33.4. The third-order valence-corrected chi connectivity index (χ3v) is 7.72. The molecular formula is C25H24ClFN6O4S. The van der Waals surface area contributed by atoms with Gasteiger partial charge in [0.15, 0.2) is 0 Å². The van der Waals surface area contributed by atoms with E-state index in [2.05, 4.69) is 25.3 Å². The van der Waals surface area contributed by atoms with Crippen LogP contribution in [0.4, 0.5) is 15.9 Å². The average molecular weight is 559 g/mol. The number of rotatable bonds is 8. The Morgan fingerprint density at radius 2 is 1.87 bits per heavy atom. The molecule has 38 heavy (non-hydrogen) atoms. The predicted octanol–water partition coefficient (Wildman–Crippen LogP) is 3.48. The Kier molecular flexibility index (Phi) is 7.65. The Hall–Kier alpha value is -4.03. The van der Waals surface area contributed by atoms with Crippen LogP contribution in [0.25, 0.3) is 22.0 Å². The minimum atomic E-state index is -4.18. The zero-order valence-electron chi connectivity index (χ0n) is 20.6. The number of carbonyl (C=O) groups excluding carboxylic acids is 1. The summed E-state index contributed by atoms with van der Waals surface area (Å²) in [5.41, 5.74) is 1.37. The lowest BCUT2D eigenvalue weighted by molar-refractivity contribution is -0.124. The highest BCUT2D eigenvalue weighted by atomic mass is 35.5. The van der Waals surface area contributed by atoms with Gasteiger partial charge in [-0.3, -0.25) is 18.9 Å². The van der Waals surface area contributed by atoms with Gasteiger partial charge in [0.05, 0.1) is 33.9 Å². The molecule has 1 amide bonds. The Morgan fingerprint density at radius 1 is 1.11 bits per heavy atom. The smallest absolute Gasteiger partial charge is 0.263 e. The molecule has 0 saturated carbocycles. The lowest BCUT2D eigenvalue weighted by Crippen LogP contribution is -2.32. The number of benzene rings is 2. The Morgan fingerprint density at radius 3 is 2.55 bits per heavy atom. The van der Waals surface area contributed by atoms with Crippen LogP contribution in [-0.4, -0.2) is 43.0 Å². The number of amides is 1. The van der Waals surface area contributed by atoms with Gasteiger partial charge in [-0.1, -0.05) is 24.6 Å². The molecule has 0 spiro atoms. The number of halogens is 2. The van der Waals surface area contributed by atoms with E-state index < -0.39 is 21.8 Å². The lowest BCUT2D eigenvalue weighted by Gasteiger charge is -2.15. The molecule has 2 heterocycles. The molecule has 0 bridgehead atoms. The van der Waals surface area contributed by atoms with Crippen LogP contribution in [0.1, 0.15) is 6.92 Å². The van der Waals surface area contributed by atoms with E-state index in [0.717, 1.165) is 18.2 Å². The second kappa shape index (κ2) is 10.8. The van der Waals surface area contributed by atoms with Crippen LogP contribution in [0, 0.1) is 11.7 Å². The fourth-order valence-corrected chi connectivity index (χ4v) is 5.48. The average Bonchev–Trinajstić information content (AvgIpc) is 2.89. The molecule has 1 atom stereocenters. The van der Waals surface area contributed by atoms with Crippen molar-refractivity contribution in [3.05, 3.63) is 76.2 Å². The number of carbonyl (C=O) groups is 1. The standard InChI is InChI=1S/C25H24ClFN6O4S/c1-14(24(34)29-3)12-33-13-31-20-6-4-15(8-18(20)25(33)35)16-9-21(23(28-2)30-11-16)32-38(36,37)22-7-5-17(27)10-19(22)26/h4-11,13-14,32H,12H2,1-3H3,(H,28,30)(H,29,34)/t14-/m1/s1. The maximum absolute atomic E-state index is 13.4. The van der Waals surface area contributed by atoms with Crippen LogP contribution in [0.15, 0.2) is 64.7 Å². The van der Waals surface area contributed by atoms with Gasteiger partial charge in [-0.05, 0) is 42.0 Å². The minimum absolute atomic E-state index is 0.119. The Labute approximate surface area is 222 Å². The molecule has 0 aliphatic carbocycles. The zero-order chi connectivity index (χ0) is 27.6. The number of pyridine rings is 1. The second-order valence-electron chi connectivity index (χ2n) is 8.50. The van der Waals surface area contributed by atoms with Crippen molar-refractivity contribution in [1.29, 1.82) is 0 Å². The fourth-order valence-electron chi connectivity index (χ4n) is 3.89. The summed E-state index contributed by atoms with van der Waals surface area (Å²) < 4.78 is 43.3. The summed E-state index contributed by atoms with van der Waals surface area (Å²) in [7, 11) is -1.08. The maximum Gasteiger partial charge on any atom is 0.263 e. The summed E-state index contributed by atoms with van der Waals surface area (Å²) in [6, 6.07) is 9.58. The van der Waals surface area contributed by atoms with Crippen LogP contribution in [0.5, 0.6) is 0 Å². The van der Waals surface area contributed by atoms with E-state index in [4.69, 9.17) is 11.6 Å². The van der Waals surface area contributed by atoms with Crippen molar-refractivity contribution in [2.45, 2.75) is 18.4 Å². The van der Waals surface area contributed by atoms with Gasteiger partial charge in [0.25, 0.3) is 15.6 Å². The van der Waals surface area contributed by atoms with E-state index in [0.29, 0.717) is 22.0 Å². The number of hydrogen-bond donors (Lipinski definition) is 3. The van der Waals surface area contributed by atoms with E-state index in [1.165, 1.54) is 24.1 Å². The van der Waals surface area contributed by atoms with Crippen molar-refractivity contribution in [3.8, 4) is 11.1 Å². The lowest BCUT2D eigenvalue weighted by atomic mass is 10.0. The first-order chi connectivity index (χ1) is 18.0. The van der Waals surface area contributed by atoms with Gasteiger partial charge in [0.1, 0.15) is 16.5 Å². The monoisotopic (exact) mass is 558 g/mol. The second-order valence-corrected chi connectivity index (χ2v) is 10.6. The summed E-state index contributed by atoms with van der Waals surface area (Å²) in [6.45, 7) is 1.87. The Bertz CT molecular complexity index is 1710. The van der Waals surface area contributed by atoms with Gasteiger partial charge in [-0.25, -0.2) is 22.8 Å². The number of nitrogens with zero attached hydrogens (tertiary/aromatic N) is 3. The molecule has 0 aliphatic rings. The number of anilines is 2. The molecule has 0 aliphatic heterocycles. The highest BCUT2D eigenvalue weighted by Crippen LogP contribution is 2.31. The quantitative estimate of drug-likeness (QED) is 0.301. The highest BCUT2D eigenvalue weighted by Gasteiger charge is 2.21. The third kappa shape index (κ3) is 5.46. The van der Waals surface area contributed by atoms with Crippen molar-refractivity contribution in [3.63, 3.8) is 0 Å². The van der Waals surface area contributed by atoms with Gasteiger partial charge in [0, 0.05) is 32.4 Å². The molecule has 4 aromatic rings.